The van der Waals surface area contributed by atoms with Crippen molar-refractivity contribution >= 4 is 22.8 Å². The van der Waals surface area contributed by atoms with Gasteiger partial charge in [-0.15, -0.1) is 0 Å². The van der Waals surface area contributed by atoms with Gasteiger partial charge in [0, 0.05) is 31.9 Å². The SMILES string of the molecule is COc1ccc(NC(=O)N2CCN(Cc3nc4ccc(C)cc4o3)CC2)cc1. The average Bonchev–Trinajstić information content (AvgIpc) is 3.10. The van der Waals surface area contributed by atoms with Crippen LogP contribution in [0.3, 0.4) is 0 Å². The van der Waals surface area contributed by atoms with Crippen molar-refractivity contribution in [3.05, 3.63) is 53.9 Å². The smallest absolute Gasteiger partial charge is 0.321 e. The number of hydrogen-bond donors (Lipinski definition) is 1. The van der Waals surface area contributed by atoms with Crippen molar-refractivity contribution in [2.45, 2.75) is 13.5 Å². The van der Waals surface area contributed by atoms with Crippen LogP contribution in [0.1, 0.15) is 11.5 Å². The van der Waals surface area contributed by atoms with Crippen molar-refractivity contribution in [1.29, 1.82) is 0 Å². The van der Waals surface area contributed by atoms with Crippen LogP contribution < -0.4 is 10.1 Å². The number of oxazole rings is 1. The van der Waals surface area contributed by atoms with Crippen molar-refractivity contribution in [3.8, 4) is 5.75 Å². The van der Waals surface area contributed by atoms with Crippen LogP contribution in [0.4, 0.5) is 10.5 Å². The molecule has 0 aliphatic carbocycles. The Bertz CT molecular complexity index is 959. The van der Waals surface area contributed by atoms with Crippen molar-refractivity contribution in [2.24, 2.45) is 0 Å². The third-order valence-corrected chi connectivity index (χ3v) is 4.95. The number of piperazine rings is 1. The number of anilines is 1. The van der Waals surface area contributed by atoms with Gasteiger partial charge in [-0.05, 0) is 48.9 Å². The van der Waals surface area contributed by atoms with Crippen LogP contribution in [-0.2, 0) is 6.54 Å². The lowest BCUT2D eigenvalue weighted by Gasteiger charge is -2.34. The molecule has 1 aliphatic heterocycles. The minimum atomic E-state index is -0.0813. The summed E-state index contributed by atoms with van der Waals surface area (Å²) >= 11 is 0. The minimum absolute atomic E-state index is 0.0813. The van der Waals surface area contributed by atoms with Crippen molar-refractivity contribution in [1.82, 2.24) is 14.8 Å². The first-order valence-electron chi connectivity index (χ1n) is 9.39. The molecule has 1 N–H and O–H groups in total. The van der Waals surface area contributed by atoms with E-state index in [1.807, 2.05) is 54.3 Å². The average molecular weight is 380 g/mol. The van der Waals surface area contributed by atoms with E-state index in [0.717, 1.165) is 47.1 Å². The molecule has 1 fully saturated rings. The molecule has 28 heavy (non-hydrogen) atoms. The number of nitrogens with one attached hydrogen (secondary N) is 1. The van der Waals surface area contributed by atoms with Crippen LogP contribution in [-0.4, -0.2) is 54.1 Å². The molecule has 2 amide bonds. The zero-order valence-electron chi connectivity index (χ0n) is 16.1. The fourth-order valence-electron chi connectivity index (χ4n) is 3.32. The van der Waals surface area contributed by atoms with Crippen LogP contribution in [0, 0.1) is 6.92 Å². The molecule has 2 aromatic carbocycles. The summed E-state index contributed by atoms with van der Waals surface area (Å²) in [6, 6.07) is 13.3. The Morgan fingerprint density at radius 2 is 1.89 bits per heavy atom. The quantitative estimate of drug-likeness (QED) is 0.750. The summed E-state index contributed by atoms with van der Waals surface area (Å²) in [5.41, 5.74) is 3.63. The van der Waals surface area contributed by atoms with E-state index in [1.54, 1.807) is 7.11 Å². The molecule has 1 aliphatic rings. The Morgan fingerprint density at radius 3 is 2.61 bits per heavy atom. The van der Waals surface area contributed by atoms with Crippen LogP contribution in [0.5, 0.6) is 5.75 Å². The van der Waals surface area contributed by atoms with Gasteiger partial charge < -0.3 is 19.4 Å². The molecule has 0 spiro atoms. The highest BCUT2D eigenvalue weighted by Crippen LogP contribution is 2.19. The zero-order chi connectivity index (χ0) is 19.5. The first-order valence-corrected chi connectivity index (χ1v) is 9.39. The summed E-state index contributed by atoms with van der Waals surface area (Å²) in [6.07, 6.45) is 0. The maximum absolute atomic E-state index is 12.5. The summed E-state index contributed by atoms with van der Waals surface area (Å²) in [6.45, 7) is 5.60. The number of hydrogen-bond acceptors (Lipinski definition) is 5. The largest absolute Gasteiger partial charge is 0.497 e. The van der Waals surface area contributed by atoms with Gasteiger partial charge in [-0.3, -0.25) is 4.90 Å². The number of urea groups is 1. The number of carbonyl (C=O) groups excluding carboxylic acids is 1. The minimum Gasteiger partial charge on any atom is -0.497 e. The first kappa shape index (κ1) is 18.3. The lowest BCUT2D eigenvalue weighted by molar-refractivity contribution is 0.136. The Balaban J connectivity index is 1.30. The van der Waals surface area contributed by atoms with Crippen molar-refractivity contribution < 1.29 is 13.9 Å². The van der Waals surface area contributed by atoms with Crippen molar-refractivity contribution in [3.63, 3.8) is 0 Å². The van der Waals surface area contributed by atoms with Crippen LogP contribution in [0.25, 0.3) is 11.1 Å². The summed E-state index contributed by atoms with van der Waals surface area (Å²) in [5, 5.41) is 2.93. The molecule has 0 atom stereocenters. The van der Waals surface area contributed by atoms with Gasteiger partial charge in [0.05, 0.1) is 13.7 Å². The van der Waals surface area contributed by atoms with Gasteiger partial charge in [-0.2, -0.15) is 0 Å². The number of aromatic nitrogens is 1. The summed E-state index contributed by atoms with van der Waals surface area (Å²) in [5.74, 6) is 1.48. The Labute approximate surface area is 163 Å². The van der Waals surface area contributed by atoms with E-state index in [4.69, 9.17) is 9.15 Å². The maximum atomic E-state index is 12.5. The van der Waals surface area contributed by atoms with E-state index in [1.165, 1.54) is 0 Å². The topological polar surface area (TPSA) is 70.8 Å². The fraction of sp³-hybridized carbons (Fsp3) is 0.333. The summed E-state index contributed by atoms with van der Waals surface area (Å²) in [4.78, 5) is 21.1. The van der Waals surface area contributed by atoms with Crippen LogP contribution in [0.2, 0.25) is 0 Å². The molecule has 0 unspecified atom stereocenters. The molecule has 7 nitrogen and oxygen atoms in total. The number of aryl methyl sites for hydroxylation is 1. The maximum Gasteiger partial charge on any atom is 0.321 e. The van der Waals surface area contributed by atoms with E-state index in [9.17, 15) is 4.79 Å². The van der Waals surface area contributed by atoms with Gasteiger partial charge in [-0.25, -0.2) is 9.78 Å². The second-order valence-corrected chi connectivity index (χ2v) is 7.00. The highest BCUT2D eigenvalue weighted by molar-refractivity contribution is 5.89. The van der Waals surface area contributed by atoms with E-state index >= 15 is 0 Å². The van der Waals surface area contributed by atoms with E-state index < -0.39 is 0 Å². The molecule has 0 radical (unpaired) electrons. The monoisotopic (exact) mass is 380 g/mol. The highest BCUT2D eigenvalue weighted by atomic mass is 16.5. The fourth-order valence-corrected chi connectivity index (χ4v) is 3.32. The first-order chi connectivity index (χ1) is 13.6. The Morgan fingerprint density at radius 1 is 1.14 bits per heavy atom. The zero-order valence-corrected chi connectivity index (χ0v) is 16.1. The predicted molar refractivity (Wildman–Crippen MR) is 108 cm³/mol. The van der Waals surface area contributed by atoms with Gasteiger partial charge in [0.1, 0.15) is 11.3 Å². The third kappa shape index (κ3) is 4.09. The summed E-state index contributed by atoms with van der Waals surface area (Å²) < 4.78 is 11.0. The molecule has 7 heteroatoms. The van der Waals surface area contributed by atoms with Crippen LogP contribution >= 0.6 is 0 Å². The van der Waals surface area contributed by atoms with Gasteiger partial charge >= 0.3 is 6.03 Å². The predicted octanol–water partition coefficient (Wildman–Crippen LogP) is 3.49. The second kappa shape index (κ2) is 7.90. The normalized spacial score (nSPS) is 15.0. The van der Waals surface area contributed by atoms with Crippen molar-refractivity contribution in [2.75, 3.05) is 38.6 Å². The van der Waals surface area contributed by atoms with Gasteiger partial charge in [0.2, 0.25) is 5.89 Å². The molecule has 4 rings (SSSR count). The highest BCUT2D eigenvalue weighted by Gasteiger charge is 2.22. The van der Waals surface area contributed by atoms with Gasteiger partial charge in [0.15, 0.2) is 5.58 Å². The number of ether oxygens (including phenoxy) is 1. The molecule has 1 saturated heterocycles. The standard InChI is InChI=1S/C21H24N4O3/c1-15-3-8-18-19(13-15)28-20(23-18)14-24-9-11-25(12-10-24)21(26)22-16-4-6-17(27-2)7-5-16/h3-8,13H,9-12,14H2,1-2H3,(H,22,26). The number of carbonyl (C=O) groups is 1. The lowest BCUT2D eigenvalue weighted by atomic mass is 10.2. The van der Waals surface area contributed by atoms with E-state index in [2.05, 4.69) is 15.2 Å². The molecule has 0 bridgehead atoms. The number of fused-ring (bicyclic) bond motifs is 1. The van der Waals surface area contributed by atoms with E-state index in [0.29, 0.717) is 19.6 Å². The van der Waals surface area contributed by atoms with Crippen LogP contribution in [0.15, 0.2) is 46.9 Å². The molecule has 2 heterocycles. The van der Waals surface area contributed by atoms with E-state index in [-0.39, 0.29) is 6.03 Å². The number of amides is 2. The van der Waals surface area contributed by atoms with Gasteiger partial charge in [-0.1, -0.05) is 6.07 Å². The summed E-state index contributed by atoms with van der Waals surface area (Å²) in [7, 11) is 1.62. The number of rotatable bonds is 4. The molecular weight excluding hydrogens is 356 g/mol. The molecule has 3 aromatic rings. The molecular formula is C21H24N4O3. The Kier molecular flexibility index (Phi) is 5.16. The third-order valence-electron chi connectivity index (χ3n) is 4.95. The lowest BCUT2D eigenvalue weighted by Crippen LogP contribution is -2.49. The number of benzene rings is 2. The van der Waals surface area contributed by atoms with Gasteiger partial charge in [0.25, 0.3) is 0 Å². The molecule has 0 saturated carbocycles. The molecule has 146 valence electrons. The second-order valence-electron chi connectivity index (χ2n) is 7.00. The number of methoxy groups -OCH3 is 1. The Hall–Kier alpha value is -3.06. The molecule has 1 aromatic heterocycles. The number of nitrogens with zero attached hydrogens (tertiary/aromatic N) is 3.